The van der Waals surface area contributed by atoms with Crippen LogP contribution in [0.15, 0.2) is 16.2 Å². The van der Waals surface area contributed by atoms with E-state index >= 15 is 0 Å². The molecule has 0 bridgehead atoms. The van der Waals surface area contributed by atoms with Crippen molar-refractivity contribution in [1.29, 1.82) is 0 Å². The number of hydrogen-bond acceptors (Lipinski definition) is 4. The summed E-state index contributed by atoms with van der Waals surface area (Å²) in [6.07, 6.45) is 5.60. The van der Waals surface area contributed by atoms with Crippen molar-refractivity contribution in [2.45, 2.75) is 65.5 Å². The first-order valence-electron chi connectivity index (χ1n) is 9.65. The van der Waals surface area contributed by atoms with Gasteiger partial charge in [0.2, 0.25) is 0 Å². The zero-order chi connectivity index (χ0) is 19.6. The van der Waals surface area contributed by atoms with Crippen molar-refractivity contribution in [3.05, 3.63) is 54.6 Å². The van der Waals surface area contributed by atoms with E-state index in [-0.39, 0.29) is 18.0 Å². The van der Waals surface area contributed by atoms with Gasteiger partial charge in [0.1, 0.15) is 0 Å². The molecule has 2 heterocycles. The number of rotatable bonds is 5. The number of pyridine rings is 1. The monoisotopic (exact) mass is 387 g/mol. The third kappa shape index (κ3) is 4.68. The number of amides is 1. The van der Waals surface area contributed by atoms with E-state index in [0.717, 1.165) is 41.6 Å². The highest BCUT2D eigenvalue weighted by atomic mass is 32.1. The number of carbonyl (C=O) groups is 1. The van der Waals surface area contributed by atoms with E-state index < -0.39 is 0 Å². The molecule has 0 spiro atoms. The Morgan fingerprint density at radius 2 is 1.96 bits per heavy atom. The lowest BCUT2D eigenvalue weighted by Gasteiger charge is -2.25. The fourth-order valence-electron chi connectivity index (χ4n) is 3.90. The zero-order valence-corrected chi connectivity index (χ0v) is 17.2. The Morgan fingerprint density at radius 3 is 2.63 bits per heavy atom. The molecule has 0 aromatic carbocycles. The highest BCUT2D eigenvalue weighted by Gasteiger charge is 2.22. The van der Waals surface area contributed by atoms with Gasteiger partial charge in [-0.05, 0) is 76.0 Å². The van der Waals surface area contributed by atoms with Crippen LogP contribution in [0.25, 0.3) is 0 Å². The predicted octanol–water partition coefficient (Wildman–Crippen LogP) is 3.35. The summed E-state index contributed by atoms with van der Waals surface area (Å²) < 4.78 is 0. The molecule has 4 N–H and O–H groups in total. The van der Waals surface area contributed by atoms with Crippen LogP contribution in [-0.4, -0.2) is 16.9 Å². The minimum atomic E-state index is -0.133. The Labute approximate surface area is 164 Å². The topological polar surface area (TPSA) is 88.0 Å². The molecule has 1 amide bonds. The van der Waals surface area contributed by atoms with E-state index in [1.165, 1.54) is 17.7 Å². The summed E-state index contributed by atoms with van der Waals surface area (Å²) in [5.41, 5.74) is 10.0. The average molecular weight is 388 g/mol. The number of nitrogens with two attached hydrogens (primary N) is 1. The summed E-state index contributed by atoms with van der Waals surface area (Å²) in [7, 11) is 0. The van der Waals surface area contributed by atoms with Crippen molar-refractivity contribution in [1.82, 2.24) is 10.3 Å². The number of thiophene rings is 1. The highest BCUT2D eigenvalue weighted by Crippen LogP contribution is 2.31. The lowest BCUT2D eigenvalue weighted by atomic mass is 9.83. The number of aromatic nitrogens is 1. The van der Waals surface area contributed by atoms with Gasteiger partial charge < -0.3 is 16.0 Å². The van der Waals surface area contributed by atoms with Crippen LogP contribution in [0.2, 0.25) is 0 Å². The SMILES string of the molecule is Cc1cc(C)c(CNC(=O)c2csc(CC3CCC(N)CC3)c2C)c(=O)[nH]1. The van der Waals surface area contributed by atoms with Gasteiger partial charge in [0.25, 0.3) is 11.5 Å². The van der Waals surface area contributed by atoms with E-state index in [0.29, 0.717) is 17.5 Å². The lowest BCUT2D eigenvalue weighted by Crippen LogP contribution is -2.28. The van der Waals surface area contributed by atoms with Crippen LogP contribution >= 0.6 is 11.3 Å². The average Bonchev–Trinajstić information content (AvgIpc) is 2.96. The number of hydrogen-bond donors (Lipinski definition) is 3. The molecule has 2 aromatic heterocycles. The summed E-state index contributed by atoms with van der Waals surface area (Å²) in [4.78, 5) is 28.8. The maximum atomic E-state index is 12.6. The standard InChI is InChI=1S/C21H29N3O2S/c1-12-8-13(2)24-21(26)17(12)10-23-20(25)18-11-27-19(14(18)3)9-15-4-6-16(22)7-5-15/h8,11,15-16H,4-7,9-10,22H2,1-3H3,(H,23,25)(H,24,26). The molecule has 1 aliphatic carbocycles. The summed E-state index contributed by atoms with van der Waals surface area (Å²) in [5.74, 6) is 0.562. The van der Waals surface area contributed by atoms with Gasteiger partial charge in [-0.1, -0.05) is 0 Å². The van der Waals surface area contributed by atoms with Gasteiger partial charge in [0.05, 0.1) is 5.56 Å². The Kier molecular flexibility index (Phi) is 6.17. The van der Waals surface area contributed by atoms with Crippen LogP contribution < -0.4 is 16.6 Å². The van der Waals surface area contributed by atoms with Crippen molar-refractivity contribution in [2.75, 3.05) is 0 Å². The number of H-pyrrole nitrogens is 1. The normalized spacial score (nSPS) is 19.9. The van der Waals surface area contributed by atoms with Gasteiger partial charge >= 0.3 is 0 Å². The lowest BCUT2D eigenvalue weighted by molar-refractivity contribution is 0.0950. The second kappa shape index (κ2) is 8.40. The maximum Gasteiger partial charge on any atom is 0.253 e. The first-order chi connectivity index (χ1) is 12.8. The molecule has 1 fully saturated rings. The molecule has 146 valence electrons. The molecule has 2 aromatic rings. The van der Waals surface area contributed by atoms with Gasteiger partial charge in [-0.15, -0.1) is 11.3 Å². The molecule has 1 aliphatic rings. The second-order valence-corrected chi connectivity index (χ2v) is 8.77. The first-order valence-corrected chi connectivity index (χ1v) is 10.5. The molecule has 0 aliphatic heterocycles. The third-order valence-corrected chi connectivity index (χ3v) is 6.78. The minimum Gasteiger partial charge on any atom is -0.348 e. The third-order valence-electron chi connectivity index (χ3n) is 5.67. The number of aryl methyl sites for hydroxylation is 2. The van der Waals surface area contributed by atoms with Crippen LogP contribution in [0, 0.1) is 26.7 Å². The van der Waals surface area contributed by atoms with Crippen LogP contribution in [0.3, 0.4) is 0 Å². The highest BCUT2D eigenvalue weighted by molar-refractivity contribution is 7.10. The van der Waals surface area contributed by atoms with Crippen molar-refractivity contribution >= 4 is 17.2 Å². The van der Waals surface area contributed by atoms with Gasteiger partial charge in [-0.2, -0.15) is 0 Å². The Hall–Kier alpha value is -1.92. The van der Waals surface area contributed by atoms with Crippen molar-refractivity contribution in [3.8, 4) is 0 Å². The molecule has 5 nitrogen and oxygen atoms in total. The molecule has 1 saturated carbocycles. The van der Waals surface area contributed by atoms with Gasteiger partial charge in [0.15, 0.2) is 0 Å². The number of carbonyl (C=O) groups excluding carboxylic acids is 1. The summed E-state index contributed by atoms with van der Waals surface area (Å²) >= 11 is 1.67. The van der Waals surface area contributed by atoms with E-state index in [2.05, 4.69) is 10.3 Å². The molecular weight excluding hydrogens is 358 g/mol. The van der Waals surface area contributed by atoms with Crippen LogP contribution in [0.5, 0.6) is 0 Å². The Bertz CT molecular complexity index is 876. The first kappa shape index (κ1) is 19.8. The molecule has 0 radical (unpaired) electrons. The fraction of sp³-hybridized carbons (Fsp3) is 0.524. The quantitative estimate of drug-likeness (QED) is 0.735. The molecule has 0 unspecified atom stereocenters. The molecule has 3 rings (SSSR count). The largest absolute Gasteiger partial charge is 0.348 e. The van der Waals surface area contributed by atoms with Crippen LogP contribution in [0.1, 0.15) is 63.3 Å². The minimum absolute atomic E-state index is 0.111. The summed E-state index contributed by atoms with van der Waals surface area (Å²) in [6.45, 7) is 6.02. The molecule has 0 atom stereocenters. The Balaban J connectivity index is 1.64. The predicted molar refractivity (Wildman–Crippen MR) is 110 cm³/mol. The second-order valence-electron chi connectivity index (χ2n) is 7.81. The van der Waals surface area contributed by atoms with E-state index in [9.17, 15) is 9.59 Å². The summed E-state index contributed by atoms with van der Waals surface area (Å²) in [6, 6.07) is 2.29. The molecule has 27 heavy (non-hydrogen) atoms. The van der Waals surface area contributed by atoms with Gasteiger partial charge in [-0.25, -0.2) is 0 Å². The van der Waals surface area contributed by atoms with E-state index in [1.54, 1.807) is 11.3 Å². The van der Waals surface area contributed by atoms with Gasteiger partial charge in [-0.3, -0.25) is 9.59 Å². The number of aromatic amines is 1. The van der Waals surface area contributed by atoms with E-state index in [4.69, 9.17) is 5.73 Å². The fourth-order valence-corrected chi connectivity index (χ4v) is 5.06. The van der Waals surface area contributed by atoms with Crippen molar-refractivity contribution in [3.63, 3.8) is 0 Å². The zero-order valence-electron chi connectivity index (χ0n) is 16.4. The molecule has 6 heteroatoms. The van der Waals surface area contributed by atoms with Crippen LogP contribution in [-0.2, 0) is 13.0 Å². The van der Waals surface area contributed by atoms with Crippen molar-refractivity contribution < 1.29 is 4.79 Å². The number of nitrogens with one attached hydrogen (secondary N) is 2. The summed E-state index contributed by atoms with van der Waals surface area (Å²) in [5, 5.41) is 4.86. The van der Waals surface area contributed by atoms with Crippen molar-refractivity contribution in [2.24, 2.45) is 11.7 Å². The van der Waals surface area contributed by atoms with Crippen LogP contribution in [0.4, 0.5) is 0 Å². The van der Waals surface area contributed by atoms with E-state index in [1.807, 2.05) is 32.2 Å². The maximum absolute atomic E-state index is 12.6. The molecule has 0 saturated heterocycles. The van der Waals surface area contributed by atoms with Gasteiger partial charge in [0, 0.05) is 34.1 Å². The molecular formula is C21H29N3O2S. The Morgan fingerprint density at radius 1 is 1.26 bits per heavy atom. The smallest absolute Gasteiger partial charge is 0.253 e.